The SMILES string of the molecule is COC(=O)c1ccc(CSc2ccc3c(c2)CCC3)o1. The van der Waals surface area contributed by atoms with Gasteiger partial charge in [-0.15, -0.1) is 11.8 Å². The molecule has 1 aromatic heterocycles. The van der Waals surface area contributed by atoms with Crippen molar-refractivity contribution in [3.8, 4) is 0 Å². The van der Waals surface area contributed by atoms with Gasteiger partial charge in [0.2, 0.25) is 5.76 Å². The summed E-state index contributed by atoms with van der Waals surface area (Å²) in [4.78, 5) is 12.6. The molecular formula is C16H16O3S. The van der Waals surface area contributed by atoms with Crippen LogP contribution in [0.2, 0.25) is 0 Å². The lowest BCUT2D eigenvalue weighted by Crippen LogP contribution is -1.98. The van der Waals surface area contributed by atoms with Crippen molar-refractivity contribution in [3.05, 3.63) is 53.0 Å². The third kappa shape index (κ3) is 2.75. The second kappa shape index (κ2) is 5.75. The van der Waals surface area contributed by atoms with Crippen molar-refractivity contribution in [1.29, 1.82) is 0 Å². The number of hydrogen-bond acceptors (Lipinski definition) is 4. The number of esters is 1. The minimum Gasteiger partial charge on any atom is -0.463 e. The number of carbonyl (C=O) groups is 1. The van der Waals surface area contributed by atoms with Gasteiger partial charge in [0.15, 0.2) is 0 Å². The number of hydrogen-bond donors (Lipinski definition) is 0. The van der Waals surface area contributed by atoms with Gasteiger partial charge in [0.25, 0.3) is 0 Å². The Labute approximate surface area is 122 Å². The van der Waals surface area contributed by atoms with Crippen LogP contribution in [-0.2, 0) is 23.3 Å². The highest BCUT2D eigenvalue weighted by Gasteiger charge is 2.13. The molecule has 0 unspecified atom stereocenters. The number of carbonyl (C=O) groups excluding carboxylic acids is 1. The topological polar surface area (TPSA) is 39.4 Å². The first-order valence-corrected chi connectivity index (χ1v) is 7.66. The van der Waals surface area contributed by atoms with Gasteiger partial charge in [0.1, 0.15) is 5.76 Å². The van der Waals surface area contributed by atoms with E-state index in [1.54, 1.807) is 17.8 Å². The molecule has 1 aliphatic carbocycles. The molecule has 0 spiro atoms. The standard InChI is InChI=1S/C16H16O3S/c1-18-16(17)15-8-6-13(19-15)10-20-14-7-5-11-3-2-4-12(11)9-14/h5-9H,2-4,10H2,1H3. The van der Waals surface area contributed by atoms with Crippen molar-refractivity contribution in [3.63, 3.8) is 0 Å². The lowest BCUT2D eigenvalue weighted by molar-refractivity contribution is 0.0563. The zero-order valence-corrected chi connectivity index (χ0v) is 12.2. The van der Waals surface area contributed by atoms with E-state index in [1.807, 2.05) is 6.07 Å². The van der Waals surface area contributed by atoms with E-state index in [4.69, 9.17) is 4.42 Å². The summed E-state index contributed by atoms with van der Waals surface area (Å²) in [6.45, 7) is 0. The Bertz CT molecular complexity index is 630. The normalized spacial score (nSPS) is 13.2. The van der Waals surface area contributed by atoms with E-state index >= 15 is 0 Å². The van der Waals surface area contributed by atoms with Gasteiger partial charge >= 0.3 is 5.97 Å². The molecule has 1 aliphatic rings. The Morgan fingerprint density at radius 1 is 1.25 bits per heavy atom. The second-order valence-corrected chi connectivity index (χ2v) is 5.88. The Kier molecular flexibility index (Phi) is 3.83. The van der Waals surface area contributed by atoms with Gasteiger partial charge in [0.05, 0.1) is 12.9 Å². The third-order valence-corrected chi connectivity index (χ3v) is 4.52. The summed E-state index contributed by atoms with van der Waals surface area (Å²) in [6, 6.07) is 10.2. The molecule has 104 valence electrons. The van der Waals surface area contributed by atoms with Gasteiger partial charge in [0, 0.05) is 4.90 Å². The molecule has 0 bridgehead atoms. The predicted molar refractivity (Wildman–Crippen MR) is 78.1 cm³/mol. The lowest BCUT2D eigenvalue weighted by atomic mass is 10.1. The minimum absolute atomic E-state index is 0.261. The first-order chi connectivity index (χ1) is 9.76. The van der Waals surface area contributed by atoms with Crippen molar-refractivity contribution in [1.82, 2.24) is 0 Å². The molecular weight excluding hydrogens is 272 g/mol. The summed E-state index contributed by atoms with van der Waals surface area (Å²) in [5, 5.41) is 0. The van der Waals surface area contributed by atoms with E-state index in [9.17, 15) is 4.79 Å². The summed E-state index contributed by atoms with van der Waals surface area (Å²) in [7, 11) is 1.35. The van der Waals surface area contributed by atoms with Crippen LogP contribution in [0.3, 0.4) is 0 Å². The summed E-state index contributed by atoms with van der Waals surface area (Å²) < 4.78 is 10.1. The maximum absolute atomic E-state index is 11.3. The molecule has 1 aromatic carbocycles. The van der Waals surface area contributed by atoms with E-state index in [2.05, 4.69) is 22.9 Å². The van der Waals surface area contributed by atoms with Crippen LogP contribution in [0.5, 0.6) is 0 Å². The van der Waals surface area contributed by atoms with Crippen LogP contribution in [0.4, 0.5) is 0 Å². The molecule has 0 aliphatic heterocycles. The predicted octanol–water partition coefficient (Wildman–Crippen LogP) is 3.85. The van der Waals surface area contributed by atoms with E-state index in [1.165, 1.54) is 42.4 Å². The van der Waals surface area contributed by atoms with Gasteiger partial charge in [-0.05, 0) is 54.7 Å². The molecule has 0 amide bonds. The molecule has 0 N–H and O–H groups in total. The van der Waals surface area contributed by atoms with Crippen molar-refractivity contribution >= 4 is 17.7 Å². The fourth-order valence-corrected chi connectivity index (χ4v) is 3.31. The summed E-state index contributed by atoms with van der Waals surface area (Å²) >= 11 is 1.73. The number of ether oxygens (including phenoxy) is 1. The Morgan fingerprint density at radius 2 is 2.10 bits per heavy atom. The molecule has 2 aromatic rings. The largest absolute Gasteiger partial charge is 0.463 e. The fourth-order valence-electron chi connectivity index (χ4n) is 2.46. The second-order valence-electron chi connectivity index (χ2n) is 4.83. The lowest BCUT2D eigenvalue weighted by Gasteiger charge is -2.03. The first-order valence-electron chi connectivity index (χ1n) is 6.68. The smallest absolute Gasteiger partial charge is 0.373 e. The highest BCUT2D eigenvalue weighted by Crippen LogP contribution is 2.29. The average molecular weight is 288 g/mol. The van der Waals surface area contributed by atoms with Crippen LogP contribution < -0.4 is 0 Å². The van der Waals surface area contributed by atoms with Crippen LogP contribution in [-0.4, -0.2) is 13.1 Å². The Hall–Kier alpha value is -1.68. The molecule has 0 atom stereocenters. The molecule has 0 saturated heterocycles. The van der Waals surface area contributed by atoms with E-state index in [0.717, 1.165) is 11.5 Å². The number of thioether (sulfide) groups is 1. The van der Waals surface area contributed by atoms with Crippen molar-refractivity contribution in [2.45, 2.75) is 29.9 Å². The third-order valence-electron chi connectivity index (χ3n) is 3.50. The Morgan fingerprint density at radius 3 is 2.95 bits per heavy atom. The Balaban J connectivity index is 1.64. The summed E-state index contributed by atoms with van der Waals surface area (Å²) in [5.74, 6) is 1.34. The number of aryl methyl sites for hydroxylation is 2. The molecule has 0 fully saturated rings. The van der Waals surface area contributed by atoms with Crippen LogP contribution in [0.15, 0.2) is 39.6 Å². The number of rotatable bonds is 4. The first kappa shape index (κ1) is 13.3. The van der Waals surface area contributed by atoms with Crippen LogP contribution in [0, 0.1) is 0 Å². The number of methoxy groups -OCH3 is 1. The van der Waals surface area contributed by atoms with Gasteiger partial charge < -0.3 is 9.15 Å². The molecule has 1 heterocycles. The quantitative estimate of drug-likeness (QED) is 0.633. The molecule has 4 heteroatoms. The van der Waals surface area contributed by atoms with Gasteiger partial charge in [-0.3, -0.25) is 0 Å². The van der Waals surface area contributed by atoms with Crippen LogP contribution >= 0.6 is 11.8 Å². The molecule has 0 saturated carbocycles. The summed E-state index contributed by atoms with van der Waals surface area (Å²) in [5.41, 5.74) is 2.96. The van der Waals surface area contributed by atoms with Crippen LogP contribution in [0.25, 0.3) is 0 Å². The van der Waals surface area contributed by atoms with Gasteiger partial charge in [-0.2, -0.15) is 0 Å². The number of fused-ring (bicyclic) bond motifs is 1. The highest BCUT2D eigenvalue weighted by molar-refractivity contribution is 7.98. The number of furan rings is 1. The maximum Gasteiger partial charge on any atom is 0.373 e. The molecule has 20 heavy (non-hydrogen) atoms. The zero-order valence-electron chi connectivity index (χ0n) is 11.3. The van der Waals surface area contributed by atoms with Gasteiger partial charge in [-0.1, -0.05) is 6.07 Å². The van der Waals surface area contributed by atoms with Crippen molar-refractivity contribution in [2.24, 2.45) is 0 Å². The average Bonchev–Trinajstić information content (AvgIpc) is 3.12. The van der Waals surface area contributed by atoms with Crippen LogP contribution in [0.1, 0.15) is 33.9 Å². The van der Waals surface area contributed by atoms with E-state index in [-0.39, 0.29) is 5.76 Å². The molecule has 3 rings (SSSR count). The molecule has 3 nitrogen and oxygen atoms in total. The highest BCUT2D eigenvalue weighted by atomic mass is 32.2. The van der Waals surface area contributed by atoms with Crippen molar-refractivity contribution < 1.29 is 13.9 Å². The van der Waals surface area contributed by atoms with Crippen molar-refractivity contribution in [2.75, 3.05) is 7.11 Å². The van der Waals surface area contributed by atoms with Gasteiger partial charge in [-0.25, -0.2) is 4.79 Å². The monoisotopic (exact) mass is 288 g/mol. The zero-order chi connectivity index (χ0) is 13.9. The molecule has 0 radical (unpaired) electrons. The maximum atomic E-state index is 11.3. The summed E-state index contributed by atoms with van der Waals surface area (Å²) in [6.07, 6.45) is 3.67. The fraction of sp³-hybridized carbons (Fsp3) is 0.312. The minimum atomic E-state index is -0.432. The van der Waals surface area contributed by atoms with E-state index in [0.29, 0.717) is 0 Å². The number of benzene rings is 1. The van der Waals surface area contributed by atoms with E-state index < -0.39 is 5.97 Å².